The Hall–Kier alpha value is -1.34. The monoisotopic (exact) mass is 209 g/mol. The van der Waals surface area contributed by atoms with Gasteiger partial charge in [-0.25, -0.2) is 8.42 Å². The number of hydrogen-bond donors (Lipinski definition) is 0. The van der Waals surface area contributed by atoms with Crippen molar-refractivity contribution in [3.63, 3.8) is 0 Å². The number of benzene rings is 1. The molecular formula is C10H11NO2S. The van der Waals surface area contributed by atoms with Crippen molar-refractivity contribution in [2.24, 2.45) is 0 Å². The van der Waals surface area contributed by atoms with Gasteiger partial charge < -0.3 is 0 Å². The van der Waals surface area contributed by atoms with E-state index in [1.54, 1.807) is 31.2 Å². The second-order valence-electron chi connectivity index (χ2n) is 2.95. The fourth-order valence-electron chi connectivity index (χ4n) is 1.09. The molecule has 14 heavy (non-hydrogen) atoms. The van der Waals surface area contributed by atoms with Crippen molar-refractivity contribution >= 4 is 9.84 Å². The minimum Gasteiger partial charge on any atom is -0.229 e. The third kappa shape index (κ3) is 2.57. The highest BCUT2D eigenvalue weighted by molar-refractivity contribution is 7.90. The zero-order chi connectivity index (χ0) is 10.6. The number of hydrogen-bond acceptors (Lipinski definition) is 3. The van der Waals surface area contributed by atoms with E-state index in [2.05, 4.69) is 0 Å². The Balaban J connectivity index is 3.05. The maximum atomic E-state index is 11.3. The van der Waals surface area contributed by atoms with Crippen molar-refractivity contribution in [1.29, 1.82) is 5.26 Å². The summed E-state index contributed by atoms with van der Waals surface area (Å²) in [5.74, 6) is 0.0556. The Morgan fingerprint density at radius 2 is 2.00 bits per heavy atom. The van der Waals surface area contributed by atoms with Gasteiger partial charge in [0.05, 0.1) is 17.4 Å². The summed E-state index contributed by atoms with van der Waals surface area (Å²) in [5.41, 5.74) is 1.02. The zero-order valence-corrected chi connectivity index (χ0v) is 8.71. The molecule has 0 bridgehead atoms. The van der Waals surface area contributed by atoms with Crippen LogP contribution in [0.2, 0.25) is 0 Å². The van der Waals surface area contributed by atoms with Crippen LogP contribution in [-0.4, -0.2) is 14.2 Å². The van der Waals surface area contributed by atoms with Crippen molar-refractivity contribution in [2.75, 3.05) is 5.75 Å². The molecule has 0 aliphatic rings. The lowest BCUT2D eigenvalue weighted by Crippen LogP contribution is -2.07. The Morgan fingerprint density at radius 3 is 2.57 bits per heavy atom. The van der Waals surface area contributed by atoms with Crippen LogP contribution in [0.15, 0.2) is 24.3 Å². The van der Waals surface area contributed by atoms with Crippen molar-refractivity contribution in [1.82, 2.24) is 0 Å². The van der Waals surface area contributed by atoms with Crippen molar-refractivity contribution in [2.45, 2.75) is 12.7 Å². The molecule has 1 aromatic carbocycles. The molecule has 0 spiro atoms. The van der Waals surface area contributed by atoms with Gasteiger partial charge in [-0.1, -0.05) is 25.1 Å². The quantitative estimate of drug-likeness (QED) is 0.757. The smallest absolute Gasteiger partial charge is 0.154 e. The highest BCUT2D eigenvalue weighted by Gasteiger charge is 2.11. The van der Waals surface area contributed by atoms with Gasteiger partial charge in [-0.15, -0.1) is 0 Å². The second-order valence-corrected chi connectivity index (χ2v) is 5.30. The van der Waals surface area contributed by atoms with Gasteiger partial charge in [-0.3, -0.25) is 0 Å². The van der Waals surface area contributed by atoms with E-state index in [-0.39, 0.29) is 11.5 Å². The predicted octanol–water partition coefficient (Wildman–Crippen LogP) is 1.49. The van der Waals surface area contributed by atoms with E-state index in [1.165, 1.54) is 0 Å². The zero-order valence-electron chi connectivity index (χ0n) is 7.90. The van der Waals surface area contributed by atoms with E-state index in [0.29, 0.717) is 11.1 Å². The van der Waals surface area contributed by atoms with Crippen LogP contribution in [0.5, 0.6) is 0 Å². The van der Waals surface area contributed by atoms with Gasteiger partial charge in [0.15, 0.2) is 9.84 Å². The highest BCUT2D eigenvalue weighted by Crippen LogP contribution is 2.11. The molecule has 0 aliphatic heterocycles. The largest absolute Gasteiger partial charge is 0.229 e. The molecule has 0 amide bonds. The molecule has 0 aliphatic carbocycles. The van der Waals surface area contributed by atoms with Gasteiger partial charge in [0.2, 0.25) is 0 Å². The summed E-state index contributed by atoms with van der Waals surface area (Å²) in [7, 11) is -3.06. The van der Waals surface area contributed by atoms with Crippen LogP contribution >= 0.6 is 0 Å². The topological polar surface area (TPSA) is 57.9 Å². The molecule has 0 saturated heterocycles. The normalized spacial score (nSPS) is 10.9. The van der Waals surface area contributed by atoms with Gasteiger partial charge in [0.1, 0.15) is 0 Å². The first-order valence-electron chi connectivity index (χ1n) is 4.27. The number of nitrogens with zero attached hydrogens (tertiary/aromatic N) is 1. The molecule has 0 N–H and O–H groups in total. The Kier molecular flexibility index (Phi) is 3.26. The Labute approximate surface area is 83.9 Å². The average molecular weight is 209 g/mol. The van der Waals surface area contributed by atoms with E-state index < -0.39 is 9.84 Å². The lowest BCUT2D eigenvalue weighted by atomic mass is 10.1. The van der Waals surface area contributed by atoms with Crippen LogP contribution in [0.1, 0.15) is 18.1 Å². The minimum atomic E-state index is -3.06. The highest BCUT2D eigenvalue weighted by atomic mass is 32.2. The molecular weight excluding hydrogens is 198 g/mol. The Morgan fingerprint density at radius 1 is 1.36 bits per heavy atom. The van der Waals surface area contributed by atoms with E-state index in [9.17, 15) is 8.42 Å². The molecule has 0 heterocycles. The van der Waals surface area contributed by atoms with Crippen LogP contribution in [0, 0.1) is 11.3 Å². The first-order valence-corrected chi connectivity index (χ1v) is 6.09. The van der Waals surface area contributed by atoms with Gasteiger partial charge in [-0.2, -0.15) is 5.26 Å². The summed E-state index contributed by atoms with van der Waals surface area (Å²) in [4.78, 5) is 0. The van der Waals surface area contributed by atoms with Crippen LogP contribution in [0.25, 0.3) is 0 Å². The molecule has 1 aromatic rings. The SMILES string of the molecule is CCS(=O)(=O)Cc1ccccc1C#N. The summed E-state index contributed by atoms with van der Waals surface area (Å²) < 4.78 is 22.7. The number of nitriles is 1. The first kappa shape index (κ1) is 10.7. The number of sulfone groups is 1. The maximum Gasteiger partial charge on any atom is 0.154 e. The van der Waals surface area contributed by atoms with Crippen LogP contribution in [0.3, 0.4) is 0 Å². The fraction of sp³-hybridized carbons (Fsp3) is 0.300. The molecule has 0 saturated carbocycles. The minimum absolute atomic E-state index is 0.0484. The van der Waals surface area contributed by atoms with Gasteiger partial charge in [0.25, 0.3) is 0 Å². The van der Waals surface area contributed by atoms with Crippen LogP contribution < -0.4 is 0 Å². The molecule has 74 valence electrons. The van der Waals surface area contributed by atoms with Gasteiger partial charge >= 0.3 is 0 Å². The second kappa shape index (κ2) is 4.25. The Bertz CT molecular complexity index is 457. The number of rotatable bonds is 3. The summed E-state index contributed by atoms with van der Waals surface area (Å²) in [6, 6.07) is 8.74. The molecule has 1 rings (SSSR count). The molecule has 0 aromatic heterocycles. The summed E-state index contributed by atoms with van der Waals surface area (Å²) >= 11 is 0. The van der Waals surface area contributed by atoms with Gasteiger partial charge in [-0.05, 0) is 11.6 Å². The molecule has 0 atom stereocenters. The van der Waals surface area contributed by atoms with Crippen LogP contribution in [-0.2, 0) is 15.6 Å². The third-order valence-corrected chi connectivity index (χ3v) is 3.58. The molecule has 3 nitrogen and oxygen atoms in total. The van der Waals surface area contributed by atoms with E-state index >= 15 is 0 Å². The van der Waals surface area contributed by atoms with Crippen molar-refractivity contribution in [3.8, 4) is 6.07 Å². The van der Waals surface area contributed by atoms with Crippen molar-refractivity contribution < 1.29 is 8.42 Å². The lowest BCUT2D eigenvalue weighted by molar-refractivity contribution is 0.596. The summed E-state index contributed by atoms with van der Waals surface area (Å²) in [6.07, 6.45) is 0. The first-order chi connectivity index (χ1) is 6.59. The molecule has 0 unspecified atom stereocenters. The molecule has 0 radical (unpaired) electrons. The average Bonchev–Trinajstić information content (AvgIpc) is 2.18. The third-order valence-electron chi connectivity index (χ3n) is 1.95. The van der Waals surface area contributed by atoms with Gasteiger partial charge in [0, 0.05) is 5.75 Å². The summed E-state index contributed by atoms with van der Waals surface area (Å²) in [5, 5.41) is 8.74. The van der Waals surface area contributed by atoms with E-state index in [0.717, 1.165) is 0 Å². The lowest BCUT2D eigenvalue weighted by Gasteiger charge is -2.02. The predicted molar refractivity (Wildman–Crippen MR) is 54.3 cm³/mol. The van der Waals surface area contributed by atoms with Crippen molar-refractivity contribution in [3.05, 3.63) is 35.4 Å². The fourth-order valence-corrected chi connectivity index (χ4v) is 2.02. The van der Waals surface area contributed by atoms with E-state index in [4.69, 9.17) is 5.26 Å². The standard InChI is InChI=1S/C10H11NO2S/c1-2-14(12,13)8-10-6-4-3-5-9(10)7-11/h3-6H,2,8H2,1H3. The van der Waals surface area contributed by atoms with Crippen LogP contribution in [0.4, 0.5) is 0 Å². The maximum absolute atomic E-state index is 11.3. The molecule has 0 fully saturated rings. The summed E-state index contributed by atoms with van der Waals surface area (Å²) in [6.45, 7) is 1.60. The molecule has 4 heteroatoms. The van der Waals surface area contributed by atoms with E-state index in [1.807, 2.05) is 6.07 Å².